The lowest BCUT2D eigenvalue weighted by Crippen LogP contribution is -2.48. The predicted octanol–water partition coefficient (Wildman–Crippen LogP) is 3.28. The van der Waals surface area contributed by atoms with E-state index in [-0.39, 0.29) is 10.8 Å². The maximum atomic E-state index is 12.8. The average Bonchev–Trinajstić information content (AvgIpc) is 3.10. The lowest BCUT2D eigenvalue weighted by Gasteiger charge is -2.34. The van der Waals surface area contributed by atoms with Gasteiger partial charge in [-0.05, 0) is 55.3 Å². The molecular formula is C21H23N3O3S2. The number of aryl methyl sites for hydroxylation is 2. The zero-order valence-electron chi connectivity index (χ0n) is 16.7. The SMILES string of the molecule is Cc1cc2nc(N3CCN(C(=O)c4cccc(S(C)(=O)=O)c4)CC3)sc2cc1C. The molecule has 0 saturated carbocycles. The van der Waals surface area contributed by atoms with Gasteiger partial charge in [0.15, 0.2) is 15.0 Å². The van der Waals surface area contributed by atoms with Gasteiger partial charge < -0.3 is 9.80 Å². The van der Waals surface area contributed by atoms with Crippen LogP contribution >= 0.6 is 11.3 Å². The van der Waals surface area contributed by atoms with Gasteiger partial charge in [0.25, 0.3) is 5.91 Å². The van der Waals surface area contributed by atoms with Gasteiger partial charge in [-0.2, -0.15) is 0 Å². The van der Waals surface area contributed by atoms with E-state index in [4.69, 9.17) is 4.98 Å². The Balaban J connectivity index is 1.47. The van der Waals surface area contributed by atoms with Gasteiger partial charge >= 0.3 is 0 Å². The molecule has 0 N–H and O–H groups in total. The van der Waals surface area contributed by atoms with Crippen molar-refractivity contribution in [2.24, 2.45) is 0 Å². The van der Waals surface area contributed by atoms with Crippen LogP contribution < -0.4 is 4.90 Å². The second kappa shape index (κ2) is 7.42. The maximum Gasteiger partial charge on any atom is 0.254 e. The second-order valence-electron chi connectivity index (χ2n) is 7.48. The summed E-state index contributed by atoms with van der Waals surface area (Å²) in [5.74, 6) is -0.134. The van der Waals surface area contributed by atoms with E-state index in [0.29, 0.717) is 31.7 Å². The molecule has 2 heterocycles. The molecule has 3 aromatic rings. The highest BCUT2D eigenvalue weighted by molar-refractivity contribution is 7.90. The molecule has 0 unspecified atom stereocenters. The number of carbonyl (C=O) groups is 1. The standard InChI is InChI=1S/C21H23N3O3S2/c1-14-11-18-19(12-15(14)2)28-21(22-18)24-9-7-23(8-10-24)20(25)16-5-4-6-17(13-16)29(3,26)27/h4-6,11-13H,7-10H2,1-3H3. The van der Waals surface area contributed by atoms with Crippen LogP contribution in [-0.4, -0.2) is 56.6 Å². The van der Waals surface area contributed by atoms with E-state index in [0.717, 1.165) is 16.9 Å². The number of carbonyl (C=O) groups excluding carboxylic acids is 1. The van der Waals surface area contributed by atoms with Crippen molar-refractivity contribution >= 4 is 42.4 Å². The fourth-order valence-corrected chi connectivity index (χ4v) is 5.21. The lowest BCUT2D eigenvalue weighted by molar-refractivity contribution is 0.0746. The van der Waals surface area contributed by atoms with Crippen molar-refractivity contribution in [1.29, 1.82) is 0 Å². The predicted molar refractivity (Wildman–Crippen MR) is 117 cm³/mol. The first kappa shape index (κ1) is 19.8. The second-order valence-corrected chi connectivity index (χ2v) is 10.5. The molecule has 0 bridgehead atoms. The number of piperazine rings is 1. The normalized spacial score (nSPS) is 15.1. The highest BCUT2D eigenvalue weighted by Crippen LogP contribution is 2.31. The van der Waals surface area contributed by atoms with Gasteiger partial charge in [0.1, 0.15) is 0 Å². The van der Waals surface area contributed by atoms with Gasteiger partial charge in [-0.25, -0.2) is 13.4 Å². The summed E-state index contributed by atoms with van der Waals surface area (Å²) in [6.07, 6.45) is 1.15. The molecule has 1 aliphatic heterocycles. The van der Waals surface area contributed by atoms with Crippen molar-refractivity contribution in [3.63, 3.8) is 0 Å². The van der Waals surface area contributed by atoms with Crippen LogP contribution in [0.3, 0.4) is 0 Å². The molecule has 1 fully saturated rings. The van der Waals surface area contributed by atoms with Crippen LogP contribution in [0.2, 0.25) is 0 Å². The Morgan fingerprint density at radius 2 is 1.72 bits per heavy atom. The third-order valence-electron chi connectivity index (χ3n) is 5.34. The molecule has 0 atom stereocenters. The van der Waals surface area contributed by atoms with Crippen molar-refractivity contribution in [3.8, 4) is 0 Å². The van der Waals surface area contributed by atoms with E-state index in [9.17, 15) is 13.2 Å². The van der Waals surface area contributed by atoms with Crippen LogP contribution in [0, 0.1) is 13.8 Å². The number of rotatable bonds is 3. The topological polar surface area (TPSA) is 70.6 Å². The Bertz CT molecular complexity index is 1150. The molecule has 2 aromatic carbocycles. The lowest BCUT2D eigenvalue weighted by atomic mass is 10.1. The van der Waals surface area contributed by atoms with E-state index in [1.165, 1.54) is 28.0 Å². The summed E-state index contributed by atoms with van der Waals surface area (Å²) in [7, 11) is -3.34. The number of fused-ring (bicyclic) bond motifs is 1. The quantitative estimate of drug-likeness (QED) is 0.639. The molecule has 0 radical (unpaired) electrons. The maximum absolute atomic E-state index is 12.8. The number of aromatic nitrogens is 1. The minimum absolute atomic E-state index is 0.134. The summed E-state index contributed by atoms with van der Waals surface area (Å²) in [5, 5.41) is 0.983. The first-order valence-electron chi connectivity index (χ1n) is 9.44. The Kier molecular flexibility index (Phi) is 5.08. The molecule has 1 aliphatic rings. The Labute approximate surface area is 174 Å². The van der Waals surface area contributed by atoms with Gasteiger partial charge in [-0.3, -0.25) is 4.79 Å². The van der Waals surface area contributed by atoms with Crippen LogP contribution in [0.1, 0.15) is 21.5 Å². The third-order valence-corrected chi connectivity index (χ3v) is 7.53. The van der Waals surface area contributed by atoms with Crippen LogP contribution in [0.4, 0.5) is 5.13 Å². The number of amides is 1. The van der Waals surface area contributed by atoms with Crippen molar-refractivity contribution < 1.29 is 13.2 Å². The van der Waals surface area contributed by atoms with Gasteiger partial charge in [0.05, 0.1) is 15.1 Å². The molecule has 1 saturated heterocycles. The Morgan fingerprint density at radius 3 is 2.41 bits per heavy atom. The molecule has 0 aliphatic carbocycles. The van der Waals surface area contributed by atoms with Gasteiger partial charge in [0, 0.05) is 38.0 Å². The van der Waals surface area contributed by atoms with Gasteiger partial charge in [0.2, 0.25) is 0 Å². The molecule has 152 valence electrons. The Hall–Kier alpha value is -2.45. The van der Waals surface area contributed by atoms with Crippen molar-refractivity contribution in [2.75, 3.05) is 37.3 Å². The summed E-state index contributed by atoms with van der Waals surface area (Å²) >= 11 is 1.68. The number of nitrogens with zero attached hydrogens (tertiary/aromatic N) is 3. The van der Waals surface area contributed by atoms with Crippen LogP contribution in [0.15, 0.2) is 41.3 Å². The highest BCUT2D eigenvalue weighted by Gasteiger charge is 2.24. The molecule has 29 heavy (non-hydrogen) atoms. The van der Waals surface area contributed by atoms with Crippen LogP contribution in [-0.2, 0) is 9.84 Å². The van der Waals surface area contributed by atoms with Gasteiger partial charge in [-0.15, -0.1) is 0 Å². The zero-order valence-corrected chi connectivity index (χ0v) is 18.3. The molecule has 4 rings (SSSR count). The fourth-order valence-electron chi connectivity index (χ4n) is 3.45. The van der Waals surface area contributed by atoms with E-state index in [1.54, 1.807) is 28.4 Å². The van der Waals surface area contributed by atoms with E-state index in [2.05, 4.69) is 30.9 Å². The average molecular weight is 430 g/mol. The van der Waals surface area contributed by atoms with Crippen molar-refractivity contribution in [1.82, 2.24) is 9.88 Å². The smallest absolute Gasteiger partial charge is 0.254 e. The first-order chi connectivity index (χ1) is 13.7. The summed E-state index contributed by atoms with van der Waals surface area (Å²) in [6, 6.07) is 10.6. The summed E-state index contributed by atoms with van der Waals surface area (Å²) < 4.78 is 24.7. The number of sulfone groups is 1. The van der Waals surface area contributed by atoms with Crippen molar-refractivity contribution in [3.05, 3.63) is 53.1 Å². The third kappa shape index (κ3) is 4.00. The zero-order chi connectivity index (χ0) is 20.8. The molecule has 0 spiro atoms. The van der Waals surface area contributed by atoms with E-state index < -0.39 is 9.84 Å². The van der Waals surface area contributed by atoms with Crippen LogP contribution in [0.25, 0.3) is 10.2 Å². The molecule has 8 heteroatoms. The van der Waals surface area contributed by atoms with E-state index >= 15 is 0 Å². The summed E-state index contributed by atoms with van der Waals surface area (Å²) in [5.41, 5.74) is 3.93. The summed E-state index contributed by atoms with van der Waals surface area (Å²) in [4.78, 5) is 21.8. The largest absolute Gasteiger partial charge is 0.345 e. The number of hydrogen-bond acceptors (Lipinski definition) is 6. The Morgan fingerprint density at radius 1 is 1.03 bits per heavy atom. The molecular weight excluding hydrogens is 406 g/mol. The fraction of sp³-hybridized carbons (Fsp3) is 0.333. The number of hydrogen-bond donors (Lipinski definition) is 0. The molecule has 1 aromatic heterocycles. The minimum atomic E-state index is -3.34. The van der Waals surface area contributed by atoms with E-state index in [1.807, 2.05) is 0 Å². The number of anilines is 1. The first-order valence-corrected chi connectivity index (χ1v) is 12.2. The van der Waals surface area contributed by atoms with Crippen LogP contribution in [0.5, 0.6) is 0 Å². The molecule has 1 amide bonds. The number of thiazole rings is 1. The highest BCUT2D eigenvalue weighted by atomic mass is 32.2. The monoisotopic (exact) mass is 429 g/mol. The van der Waals surface area contributed by atoms with Crippen molar-refractivity contribution in [2.45, 2.75) is 18.7 Å². The minimum Gasteiger partial charge on any atom is -0.345 e. The van der Waals surface area contributed by atoms with Gasteiger partial charge in [-0.1, -0.05) is 17.4 Å². The summed E-state index contributed by atoms with van der Waals surface area (Å²) in [6.45, 7) is 6.77. The molecule has 6 nitrogen and oxygen atoms in total. The number of benzene rings is 2.